The van der Waals surface area contributed by atoms with Gasteiger partial charge < -0.3 is 5.11 Å². The van der Waals surface area contributed by atoms with Gasteiger partial charge in [-0.1, -0.05) is 5.11 Å². The number of halogens is 1. The van der Waals surface area contributed by atoms with E-state index in [9.17, 15) is 4.79 Å². The lowest BCUT2D eigenvalue weighted by Crippen LogP contribution is -2.29. The lowest BCUT2D eigenvalue weighted by atomic mass is 10.2. The van der Waals surface area contributed by atoms with E-state index in [1.165, 1.54) is 11.3 Å². The molecule has 2 N–H and O–H groups in total. The number of carboxylic acids is 1. The summed E-state index contributed by atoms with van der Waals surface area (Å²) in [6, 6.07) is 1.02. The highest BCUT2D eigenvalue weighted by Crippen LogP contribution is 2.29. The Bertz CT molecular complexity index is 416. The van der Waals surface area contributed by atoms with E-state index in [1.807, 2.05) is 5.38 Å². The Hall–Kier alpha value is -1.08. The zero-order valence-corrected chi connectivity index (χ0v) is 10.5. The number of thiophene rings is 1. The molecule has 0 radical (unpaired) electrons. The summed E-state index contributed by atoms with van der Waals surface area (Å²) in [5, 5.41) is 17.0. The van der Waals surface area contributed by atoms with Crippen molar-refractivity contribution in [1.29, 1.82) is 0 Å². The Balaban J connectivity index is 2.65. The van der Waals surface area contributed by atoms with Crippen molar-refractivity contribution in [2.75, 3.05) is 13.1 Å². The standard InChI is InChI=1S/C8H9BrN4O2S/c9-5-1-4-16-7(5)6(8(14)15)11-2-3-12-13-10/h1,4,6,11H,2-3H2,(H,14,15). The largest absolute Gasteiger partial charge is 0.480 e. The zero-order chi connectivity index (χ0) is 12.0. The van der Waals surface area contributed by atoms with Gasteiger partial charge in [-0.15, -0.1) is 11.3 Å². The summed E-state index contributed by atoms with van der Waals surface area (Å²) < 4.78 is 0.765. The molecule has 1 rings (SSSR count). The highest BCUT2D eigenvalue weighted by molar-refractivity contribution is 9.10. The van der Waals surface area contributed by atoms with Crippen LogP contribution in [0.25, 0.3) is 10.4 Å². The summed E-state index contributed by atoms with van der Waals surface area (Å²) in [4.78, 5) is 14.3. The van der Waals surface area contributed by atoms with Crippen molar-refractivity contribution in [3.8, 4) is 0 Å². The number of hydrogen-bond acceptors (Lipinski definition) is 4. The highest BCUT2D eigenvalue weighted by Gasteiger charge is 2.22. The predicted molar refractivity (Wildman–Crippen MR) is 64.4 cm³/mol. The van der Waals surface area contributed by atoms with Crippen molar-refractivity contribution in [1.82, 2.24) is 5.32 Å². The van der Waals surface area contributed by atoms with Crippen molar-refractivity contribution in [3.63, 3.8) is 0 Å². The van der Waals surface area contributed by atoms with Crippen molar-refractivity contribution in [2.24, 2.45) is 5.11 Å². The number of carbonyl (C=O) groups is 1. The molecule has 1 atom stereocenters. The van der Waals surface area contributed by atoms with Gasteiger partial charge >= 0.3 is 5.97 Å². The van der Waals surface area contributed by atoms with Crippen LogP contribution in [0.15, 0.2) is 21.0 Å². The molecule has 0 saturated carbocycles. The maximum Gasteiger partial charge on any atom is 0.326 e. The third-order valence-electron chi connectivity index (χ3n) is 1.78. The number of nitrogens with zero attached hydrogens (tertiary/aromatic N) is 3. The lowest BCUT2D eigenvalue weighted by molar-refractivity contribution is -0.139. The monoisotopic (exact) mass is 304 g/mol. The first kappa shape index (κ1) is 13.0. The maximum atomic E-state index is 11.0. The molecule has 1 heterocycles. The molecule has 0 aromatic carbocycles. The van der Waals surface area contributed by atoms with Gasteiger partial charge in [-0.25, -0.2) is 0 Å². The smallest absolute Gasteiger partial charge is 0.326 e. The Morgan fingerprint density at radius 3 is 3.06 bits per heavy atom. The maximum absolute atomic E-state index is 11.0. The SMILES string of the molecule is [N-]=[N+]=NCCNC(C(=O)O)c1sccc1Br. The minimum atomic E-state index is -0.955. The summed E-state index contributed by atoms with van der Waals surface area (Å²) in [6.07, 6.45) is 0. The van der Waals surface area contributed by atoms with Crippen LogP contribution in [-0.2, 0) is 4.79 Å². The molecule has 0 amide bonds. The molecule has 0 aliphatic carbocycles. The molecular formula is C8H9BrN4O2S. The quantitative estimate of drug-likeness (QED) is 0.365. The number of aliphatic carboxylic acids is 1. The fourth-order valence-corrected chi connectivity index (χ4v) is 2.78. The van der Waals surface area contributed by atoms with Crippen LogP contribution in [0.1, 0.15) is 10.9 Å². The summed E-state index contributed by atoms with van der Waals surface area (Å²) in [5.41, 5.74) is 8.08. The normalized spacial score (nSPS) is 11.8. The molecule has 0 bridgehead atoms. The second-order valence-electron chi connectivity index (χ2n) is 2.81. The van der Waals surface area contributed by atoms with Gasteiger partial charge in [0.25, 0.3) is 0 Å². The number of rotatable bonds is 6. The molecule has 0 spiro atoms. The van der Waals surface area contributed by atoms with Crippen molar-refractivity contribution in [2.45, 2.75) is 6.04 Å². The third-order valence-corrected chi connectivity index (χ3v) is 3.71. The molecule has 1 aromatic rings. The van der Waals surface area contributed by atoms with E-state index < -0.39 is 12.0 Å². The average Bonchev–Trinajstić information content (AvgIpc) is 2.64. The molecule has 8 heteroatoms. The summed E-state index contributed by atoms with van der Waals surface area (Å²) in [5.74, 6) is -0.955. The molecular weight excluding hydrogens is 296 g/mol. The molecule has 86 valence electrons. The fraction of sp³-hybridized carbons (Fsp3) is 0.375. The minimum absolute atomic E-state index is 0.225. The van der Waals surface area contributed by atoms with Crippen LogP contribution in [0.5, 0.6) is 0 Å². The van der Waals surface area contributed by atoms with Gasteiger partial charge in [0.2, 0.25) is 0 Å². The second kappa shape index (κ2) is 6.49. The van der Waals surface area contributed by atoms with Crippen LogP contribution < -0.4 is 5.32 Å². The van der Waals surface area contributed by atoms with E-state index >= 15 is 0 Å². The van der Waals surface area contributed by atoms with Gasteiger partial charge in [0.15, 0.2) is 0 Å². The van der Waals surface area contributed by atoms with Gasteiger partial charge in [-0.3, -0.25) is 10.1 Å². The van der Waals surface area contributed by atoms with E-state index in [1.54, 1.807) is 6.07 Å². The molecule has 16 heavy (non-hydrogen) atoms. The van der Waals surface area contributed by atoms with Crippen LogP contribution >= 0.6 is 27.3 Å². The first-order valence-electron chi connectivity index (χ1n) is 4.36. The highest BCUT2D eigenvalue weighted by atomic mass is 79.9. The Labute approximate surface area is 104 Å². The van der Waals surface area contributed by atoms with Crippen LogP contribution in [0.3, 0.4) is 0 Å². The first-order valence-corrected chi connectivity index (χ1v) is 6.04. The van der Waals surface area contributed by atoms with Gasteiger partial charge in [-0.05, 0) is 32.9 Å². The van der Waals surface area contributed by atoms with Crippen LogP contribution in [0, 0.1) is 0 Å². The third kappa shape index (κ3) is 3.49. The van der Waals surface area contributed by atoms with Crippen LogP contribution in [0.4, 0.5) is 0 Å². The van der Waals surface area contributed by atoms with E-state index in [0.717, 1.165) is 4.47 Å². The van der Waals surface area contributed by atoms with Crippen molar-refractivity contribution < 1.29 is 9.90 Å². The van der Waals surface area contributed by atoms with Gasteiger partial charge in [0, 0.05) is 27.4 Å². The van der Waals surface area contributed by atoms with Crippen molar-refractivity contribution in [3.05, 3.63) is 31.2 Å². The number of hydrogen-bond donors (Lipinski definition) is 2. The molecule has 0 fully saturated rings. The molecule has 0 saturated heterocycles. The Kier molecular flexibility index (Phi) is 5.27. The molecule has 0 aliphatic rings. The predicted octanol–water partition coefficient (Wildman–Crippen LogP) is 2.54. The van der Waals surface area contributed by atoms with Crippen LogP contribution in [0.2, 0.25) is 0 Å². The van der Waals surface area contributed by atoms with Crippen LogP contribution in [-0.4, -0.2) is 24.2 Å². The molecule has 6 nitrogen and oxygen atoms in total. The number of azide groups is 1. The van der Waals surface area contributed by atoms with E-state index in [-0.39, 0.29) is 6.54 Å². The topological polar surface area (TPSA) is 98.1 Å². The van der Waals surface area contributed by atoms with E-state index in [0.29, 0.717) is 11.4 Å². The van der Waals surface area contributed by atoms with E-state index in [2.05, 4.69) is 31.3 Å². The molecule has 0 aliphatic heterocycles. The first-order chi connectivity index (χ1) is 7.66. The van der Waals surface area contributed by atoms with Gasteiger partial charge in [-0.2, -0.15) is 0 Å². The van der Waals surface area contributed by atoms with Gasteiger partial charge in [0.1, 0.15) is 6.04 Å². The average molecular weight is 305 g/mol. The molecule has 1 unspecified atom stereocenters. The summed E-state index contributed by atoms with van der Waals surface area (Å²) in [6.45, 7) is 0.550. The summed E-state index contributed by atoms with van der Waals surface area (Å²) in [7, 11) is 0. The number of carboxylic acid groups (broad SMARTS) is 1. The fourth-order valence-electron chi connectivity index (χ4n) is 1.11. The van der Waals surface area contributed by atoms with Crippen molar-refractivity contribution >= 4 is 33.2 Å². The van der Waals surface area contributed by atoms with Gasteiger partial charge in [0.05, 0.1) is 0 Å². The minimum Gasteiger partial charge on any atom is -0.480 e. The number of nitrogens with one attached hydrogen (secondary N) is 1. The Morgan fingerprint density at radius 1 is 1.81 bits per heavy atom. The lowest BCUT2D eigenvalue weighted by Gasteiger charge is -2.12. The molecule has 1 aromatic heterocycles. The second-order valence-corrected chi connectivity index (χ2v) is 4.61. The van der Waals surface area contributed by atoms with E-state index in [4.69, 9.17) is 10.6 Å². The summed E-state index contributed by atoms with van der Waals surface area (Å²) >= 11 is 4.64. The zero-order valence-electron chi connectivity index (χ0n) is 8.13. The Morgan fingerprint density at radius 2 is 2.56 bits per heavy atom.